The molecule has 1 aromatic heterocycles. The van der Waals surface area contributed by atoms with E-state index in [1.54, 1.807) is 43.6 Å². The molecular weight excluding hydrogens is 520 g/mol. The molecule has 34 heavy (non-hydrogen) atoms. The Labute approximate surface area is 207 Å². The zero-order valence-electron chi connectivity index (χ0n) is 19.5. The highest BCUT2D eigenvalue weighted by atomic mass is 79.9. The third kappa shape index (κ3) is 4.49. The van der Waals surface area contributed by atoms with Gasteiger partial charge in [0.15, 0.2) is 5.82 Å². The van der Waals surface area contributed by atoms with Crippen LogP contribution in [0.25, 0.3) is 11.3 Å². The molecule has 2 heterocycles. The number of benzene rings is 2. The van der Waals surface area contributed by atoms with Gasteiger partial charge in [-0.15, -0.1) is 0 Å². The summed E-state index contributed by atoms with van der Waals surface area (Å²) in [5, 5.41) is 13.5. The predicted octanol–water partition coefficient (Wildman–Crippen LogP) is 3.66. The molecule has 8 nitrogen and oxygen atoms in total. The molecule has 0 radical (unpaired) electrons. The zero-order valence-corrected chi connectivity index (χ0v) is 21.9. The van der Waals surface area contributed by atoms with Crippen molar-refractivity contribution in [2.45, 2.75) is 44.2 Å². The van der Waals surface area contributed by atoms with E-state index >= 15 is 0 Å². The monoisotopic (exact) mass is 546 g/mol. The molecule has 180 valence electrons. The number of aliphatic hydroxyl groups is 1. The first-order chi connectivity index (χ1) is 15.9. The fourth-order valence-corrected chi connectivity index (χ4v) is 6.23. The Morgan fingerprint density at radius 1 is 1.21 bits per heavy atom. The van der Waals surface area contributed by atoms with Gasteiger partial charge in [0.05, 0.1) is 22.9 Å². The standard InChI is InChI=1S/C24H27BrN4O4S/c1-24(2,3)27-22-23(31)28(4)13-19(26-22)17-6-5-7-20(18(17)14-30)29-11-10-15-12-16(25)8-9-21(15)34(29,32)33/h5-9,12-13,30H,10-11,14H2,1-4H3,(H,26,27). The van der Waals surface area contributed by atoms with Crippen molar-refractivity contribution in [1.82, 2.24) is 9.55 Å². The van der Waals surface area contributed by atoms with Crippen LogP contribution < -0.4 is 15.2 Å². The minimum absolute atomic E-state index is 0.187. The van der Waals surface area contributed by atoms with Crippen LogP contribution in [0.2, 0.25) is 0 Å². The molecule has 2 aromatic carbocycles. The number of halogens is 1. The van der Waals surface area contributed by atoms with Crippen molar-refractivity contribution in [3.8, 4) is 11.3 Å². The van der Waals surface area contributed by atoms with E-state index in [2.05, 4.69) is 26.2 Å². The molecule has 4 rings (SSSR count). The van der Waals surface area contributed by atoms with E-state index in [4.69, 9.17) is 0 Å². The molecule has 0 unspecified atom stereocenters. The minimum atomic E-state index is -3.82. The highest BCUT2D eigenvalue weighted by Gasteiger charge is 2.33. The molecule has 2 N–H and O–H groups in total. The number of fused-ring (bicyclic) bond motifs is 1. The van der Waals surface area contributed by atoms with E-state index in [0.29, 0.717) is 28.9 Å². The lowest BCUT2D eigenvalue weighted by Gasteiger charge is -2.32. The number of aromatic nitrogens is 2. The van der Waals surface area contributed by atoms with Crippen LogP contribution in [0.5, 0.6) is 0 Å². The Morgan fingerprint density at radius 3 is 2.62 bits per heavy atom. The average molecular weight is 547 g/mol. The molecule has 3 aromatic rings. The molecule has 1 aliphatic rings. The van der Waals surface area contributed by atoms with E-state index in [-0.39, 0.29) is 28.4 Å². The molecule has 0 saturated carbocycles. The van der Waals surface area contributed by atoms with E-state index in [9.17, 15) is 18.3 Å². The lowest BCUT2D eigenvalue weighted by atomic mass is 10.0. The Hall–Kier alpha value is -2.69. The second kappa shape index (κ2) is 8.83. The molecular formula is C24H27BrN4O4S. The number of aryl methyl sites for hydroxylation is 1. The first-order valence-electron chi connectivity index (χ1n) is 10.8. The summed E-state index contributed by atoms with van der Waals surface area (Å²) in [6.45, 7) is 5.64. The van der Waals surface area contributed by atoms with Crippen LogP contribution in [-0.2, 0) is 30.1 Å². The minimum Gasteiger partial charge on any atom is -0.392 e. The second-order valence-electron chi connectivity index (χ2n) is 9.31. The van der Waals surface area contributed by atoms with Crippen LogP contribution in [0.1, 0.15) is 31.9 Å². The topological polar surface area (TPSA) is 105 Å². The number of hydrogen-bond acceptors (Lipinski definition) is 6. The summed E-state index contributed by atoms with van der Waals surface area (Å²) in [6, 6.07) is 10.3. The van der Waals surface area contributed by atoms with E-state index in [0.717, 1.165) is 10.0 Å². The number of anilines is 2. The number of nitrogens with zero attached hydrogens (tertiary/aromatic N) is 3. The Bertz CT molecular complexity index is 1430. The summed E-state index contributed by atoms with van der Waals surface area (Å²) >= 11 is 3.40. The summed E-state index contributed by atoms with van der Waals surface area (Å²) < 4.78 is 30.6. The molecule has 0 spiro atoms. The van der Waals surface area contributed by atoms with Gasteiger partial charge in [0.25, 0.3) is 15.6 Å². The lowest BCUT2D eigenvalue weighted by molar-refractivity contribution is 0.282. The van der Waals surface area contributed by atoms with Gasteiger partial charge in [-0.05, 0) is 57.0 Å². The maximum atomic E-state index is 13.5. The second-order valence-corrected chi connectivity index (χ2v) is 12.1. The van der Waals surface area contributed by atoms with Gasteiger partial charge >= 0.3 is 0 Å². The van der Waals surface area contributed by atoms with Gasteiger partial charge in [-0.2, -0.15) is 0 Å². The van der Waals surface area contributed by atoms with Crippen LogP contribution in [0.4, 0.5) is 11.5 Å². The molecule has 0 atom stereocenters. The molecule has 0 aliphatic carbocycles. The molecule has 0 amide bonds. The number of nitrogens with one attached hydrogen (secondary N) is 1. The van der Waals surface area contributed by atoms with E-state index in [1.165, 1.54) is 8.87 Å². The van der Waals surface area contributed by atoms with E-state index in [1.807, 2.05) is 26.8 Å². The van der Waals surface area contributed by atoms with Crippen molar-refractivity contribution < 1.29 is 13.5 Å². The van der Waals surface area contributed by atoms with E-state index < -0.39 is 16.6 Å². The van der Waals surface area contributed by atoms with Gasteiger partial charge in [-0.1, -0.05) is 28.1 Å². The largest absolute Gasteiger partial charge is 0.392 e. The Kier molecular flexibility index (Phi) is 6.34. The van der Waals surface area contributed by atoms with Gasteiger partial charge in [0.1, 0.15) is 0 Å². The fraction of sp³-hybridized carbons (Fsp3) is 0.333. The van der Waals surface area contributed by atoms with Crippen LogP contribution in [0, 0.1) is 0 Å². The first-order valence-corrected chi connectivity index (χ1v) is 13.1. The van der Waals surface area contributed by atoms with Gasteiger partial charge in [0.2, 0.25) is 0 Å². The van der Waals surface area contributed by atoms with Gasteiger partial charge in [-0.3, -0.25) is 9.10 Å². The number of aliphatic hydroxyl groups excluding tert-OH is 1. The molecule has 0 saturated heterocycles. The zero-order chi connectivity index (χ0) is 24.8. The van der Waals surface area contributed by atoms with Gasteiger partial charge in [0, 0.05) is 40.9 Å². The Balaban J connectivity index is 1.86. The van der Waals surface area contributed by atoms with Crippen LogP contribution in [-0.4, -0.2) is 35.2 Å². The summed E-state index contributed by atoms with van der Waals surface area (Å²) in [7, 11) is -2.18. The normalized spacial score (nSPS) is 15.2. The third-order valence-electron chi connectivity index (χ3n) is 5.59. The lowest BCUT2D eigenvalue weighted by Crippen LogP contribution is -2.38. The van der Waals surface area contributed by atoms with Crippen molar-refractivity contribution in [2.24, 2.45) is 7.05 Å². The molecule has 10 heteroatoms. The highest BCUT2D eigenvalue weighted by Crippen LogP contribution is 2.37. The van der Waals surface area contributed by atoms with Crippen molar-refractivity contribution in [3.05, 3.63) is 68.5 Å². The van der Waals surface area contributed by atoms with Crippen molar-refractivity contribution >= 4 is 37.5 Å². The Morgan fingerprint density at radius 2 is 1.94 bits per heavy atom. The summed E-state index contributed by atoms with van der Waals surface area (Å²) in [5.41, 5.74) is 1.94. The highest BCUT2D eigenvalue weighted by molar-refractivity contribution is 9.10. The van der Waals surface area contributed by atoms with Gasteiger partial charge in [-0.25, -0.2) is 13.4 Å². The fourth-order valence-electron chi connectivity index (χ4n) is 4.09. The predicted molar refractivity (Wildman–Crippen MR) is 137 cm³/mol. The maximum absolute atomic E-state index is 13.5. The summed E-state index contributed by atoms with van der Waals surface area (Å²) in [4.78, 5) is 17.4. The van der Waals surface area contributed by atoms with Crippen molar-refractivity contribution in [2.75, 3.05) is 16.2 Å². The third-order valence-corrected chi connectivity index (χ3v) is 8.00. The van der Waals surface area contributed by atoms with Crippen LogP contribution >= 0.6 is 15.9 Å². The van der Waals surface area contributed by atoms with Gasteiger partial charge < -0.3 is 15.0 Å². The van der Waals surface area contributed by atoms with Crippen molar-refractivity contribution in [1.29, 1.82) is 0 Å². The summed E-state index contributed by atoms with van der Waals surface area (Å²) in [6.07, 6.45) is 2.13. The number of rotatable bonds is 4. The van der Waals surface area contributed by atoms with Crippen molar-refractivity contribution in [3.63, 3.8) is 0 Å². The number of hydrogen-bond donors (Lipinski definition) is 2. The smallest absolute Gasteiger partial charge is 0.293 e. The molecule has 0 fully saturated rings. The first kappa shape index (κ1) is 24.4. The van der Waals surface area contributed by atoms with Crippen LogP contribution in [0.15, 0.2) is 56.8 Å². The SMILES string of the molecule is Cn1cc(-c2cccc(N3CCc4cc(Br)ccc4S3(=O)=O)c2CO)nc(NC(C)(C)C)c1=O. The van der Waals surface area contributed by atoms with Crippen LogP contribution in [0.3, 0.4) is 0 Å². The molecule has 0 bridgehead atoms. The quantitative estimate of drug-likeness (QED) is 0.517. The number of sulfonamides is 1. The average Bonchev–Trinajstić information content (AvgIpc) is 2.75. The summed E-state index contributed by atoms with van der Waals surface area (Å²) in [5.74, 6) is 0.187. The maximum Gasteiger partial charge on any atom is 0.293 e. The molecule has 1 aliphatic heterocycles.